The molecule has 0 unspecified atom stereocenters. The lowest BCUT2D eigenvalue weighted by atomic mass is 10.00. The molecule has 1 aliphatic heterocycles. The van der Waals surface area contributed by atoms with Gasteiger partial charge in [-0.25, -0.2) is 13.0 Å². The SMILES string of the molecule is CNC(=O)c1c(-c2ccc(C)cc2)oc2cc3c(cc12)[C@H](C)O[C@H](COP(=O)(Oc1ccccc1)Oc1ccccc1)CN3S(C)(=O)=O. The number of carbonyl (C=O) groups excluding carboxylic acids is 1. The molecule has 0 spiro atoms. The van der Waals surface area contributed by atoms with Crippen molar-refractivity contribution >= 4 is 40.4 Å². The summed E-state index contributed by atoms with van der Waals surface area (Å²) in [4.78, 5) is 13.2. The van der Waals surface area contributed by atoms with Gasteiger partial charge in [-0.15, -0.1) is 0 Å². The van der Waals surface area contributed by atoms with Gasteiger partial charge in [0.05, 0.1) is 36.8 Å². The van der Waals surface area contributed by atoms with Gasteiger partial charge in [0, 0.05) is 29.6 Å². The first-order valence-electron chi connectivity index (χ1n) is 15.2. The maximum atomic E-state index is 14.0. The normalized spacial score (nSPS) is 16.6. The van der Waals surface area contributed by atoms with Crippen LogP contribution in [0.25, 0.3) is 22.3 Å². The Balaban J connectivity index is 1.35. The molecule has 1 N–H and O–H groups in total. The highest BCUT2D eigenvalue weighted by Crippen LogP contribution is 2.50. The number of sulfonamides is 1. The number of rotatable bonds is 10. The second-order valence-corrected chi connectivity index (χ2v) is 14.8. The Labute approximate surface area is 279 Å². The molecule has 2 heterocycles. The van der Waals surface area contributed by atoms with Crippen molar-refractivity contribution in [1.29, 1.82) is 0 Å². The van der Waals surface area contributed by atoms with Crippen LogP contribution in [-0.4, -0.2) is 46.9 Å². The molecule has 13 heteroatoms. The minimum absolute atomic E-state index is 0.174. The van der Waals surface area contributed by atoms with Gasteiger partial charge in [-0.05, 0) is 44.2 Å². The van der Waals surface area contributed by atoms with Gasteiger partial charge in [-0.3, -0.25) is 13.6 Å². The summed E-state index contributed by atoms with van der Waals surface area (Å²) in [5.41, 5.74) is 3.24. The van der Waals surface area contributed by atoms with Gasteiger partial charge in [0.15, 0.2) is 0 Å². The van der Waals surface area contributed by atoms with E-state index in [0.29, 0.717) is 39.1 Å². The molecular weight excluding hydrogens is 655 g/mol. The molecule has 4 aromatic carbocycles. The van der Waals surface area contributed by atoms with Crippen LogP contribution in [0.15, 0.2) is 101 Å². The molecule has 0 bridgehead atoms. The predicted octanol–water partition coefficient (Wildman–Crippen LogP) is 7.28. The number of amides is 1. The lowest BCUT2D eigenvalue weighted by Crippen LogP contribution is -2.38. The molecule has 2 atom stereocenters. The number of nitrogens with one attached hydrogen (secondary N) is 1. The lowest BCUT2D eigenvalue weighted by Gasteiger charge is -2.26. The summed E-state index contributed by atoms with van der Waals surface area (Å²) in [6.07, 6.45) is -0.487. The van der Waals surface area contributed by atoms with Crippen LogP contribution in [0.4, 0.5) is 5.69 Å². The summed E-state index contributed by atoms with van der Waals surface area (Å²) in [7, 11) is -6.63. The third-order valence-corrected chi connectivity index (χ3v) is 10.3. The molecule has 48 heavy (non-hydrogen) atoms. The quantitative estimate of drug-likeness (QED) is 0.150. The number of hydrogen-bond acceptors (Lipinski definition) is 9. The fourth-order valence-corrected chi connectivity index (χ4v) is 7.71. The number of benzene rings is 4. The van der Waals surface area contributed by atoms with Crippen molar-refractivity contribution < 1.29 is 40.5 Å². The average molecular weight is 691 g/mol. The summed E-state index contributed by atoms with van der Waals surface area (Å²) < 4.78 is 71.6. The van der Waals surface area contributed by atoms with Crippen LogP contribution < -0.4 is 18.7 Å². The standard InChI is InChI=1S/C35H35N2O9PS/c1-23-15-17-25(18-16-23)34-33(35(38)36-3)30-19-29-24(2)43-28(21-37(48(4,40)41)31(29)20-32(30)44-34)22-42-47(39,45-26-11-7-5-8-12-26)46-27-13-9-6-10-14-27/h5-20,24,28H,21-22H2,1-4H3,(H,36,38)/t24-,28-/m0/s1. The maximum Gasteiger partial charge on any atom is 0.587 e. The molecule has 11 nitrogen and oxygen atoms in total. The first-order chi connectivity index (χ1) is 22.9. The van der Waals surface area contributed by atoms with Gasteiger partial charge in [0.2, 0.25) is 10.0 Å². The van der Waals surface area contributed by atoms with Crippen LogP contribution in [0.5, 0.6) is 11.5 Å². The van der Waals surface area contributed by atoms with Crippen molar-refractivity contribution in [2.24, 2.45) is 0 Å². The maximum absolute atomic E-state index is 14.0. The molecule has 1 amide bonds. The summed E-state index contributed by atoms with van der Waals surface area (Å²) in [6, 6.07) is 27.8. The number of para-hydroxylation sites is 2. The van der Waals surface area contributed by atoms with Gasteiger partial charge in [-0.1, -0.05) is 66.2 Å². The molecule has 5 aromatic rings. The molecule has 0 aliphatic carbocycles. The van der Waals surface area contributed by atoms with Gasteiger partial charge >= 0.3 is 7.82 Å². The third-order valence-electron chi connectivity index (χ3n) is 7.82. The number of aryl methyl sites for hydroxylation is 1. The predicted molar refractivity (Wildman–Crippen MR) is 183 cm³/mol. The van der Waals surface area contributed by atoms with Crippen LogP contribution in [0.1, 0.15) is 34.5 Å². The summed E-state index contributed by atoms with van der Waals surface area (Å²) >= 11 is 0. The minimum atomic E-state index is -4.29. The smallest absolute Gasteiger partial charge is 0.455 e. The summed E-state index contributed by atoms with van der Waals surface area (Å²) in [5.74, 6) is 0.529. The van der Waals surface area contributed by atoms with E-state index >= 15 is 0 Å². The van der Waals surface area contributed by atoms with E-state index in [2.05, 4.69) is 5.32 Å². The zero-order chi connectivity index (χ0) is 34.1. The van der Waals surface area contributed by atoms with Gasteiger partial charge in [-0.2, -0.15) is 0 Å². The van der Waals surface area contributed by atoms with Crippen LogP contribution in [0.3, 0.4) is 0 Å². The first-order valence-corrected chi connectivity index (χ1v) is 18.5. The van der Waals surface area contributed by atoms with Crippen molar-refractivity contribution in [3.05, 3.63) is 114 Å². The third kappa shape index (κ3) is 7.12. The molecule has 6 rings (SSSR count). The molecule has 250 valence electrons. The number of furan rings is 1. The van der Waals surface area contributed by atoms with Crippen molar-refractivity contribution in [3.8, 4) is 22.8 Å². The highest BCUT2D eigenvalue weighted by molar-refractivity contribution is 7.92. The van der Waals surface area contributed by atoms with Crippen LogP contribution in [-0.2, 0) is 23.8 Å². The van der Waals surface area contributed by atoms with Crippen molar-refractivity contribution in [1.82, 2.24) is 5.32 Å². The fraction of sp³-hybridized carbons (Fsp3) is 0.229. The summed E-state index contributed by atoms with van der Waals surface area (Å²) in [5, 5.41) is 3.19. The summed E-state index contributed by atoms with van der Waals surface area (Å²) in [6.45, 7) is 3.22. The Morgan fingerprint density at radius 1 is 0.958 bits per heavy atom. The zero-order valence-corrected chi connectivity index (χ0v) is 28.5. The van der Waals surface area contributed by atoms with E-state index in [-0.39, 0.29) is 30.6 Å². The number of anilines is 1. The minimum Gasteiger partial charge on any atom is -0.455 e. The van der Waals surface area contributed by atoms with E-state index < -0.39 is 30.1 Å². The number of phosphoric acid groups is 1. The van der Waals surface area contributed by atoms with Gasteiger partial charge in [0.25, 0.3) is 5.91 Å². The molecule has 0 saturated heterocycles. The van der Waals surface area contributed by atoms with E-state index in [1.54, 1.807) is 79.7 Å². The Morgan fingerprint density at radius 3 is 2.12 bits per heavy atom. The molecule has 0 saturated carbocycles. The largest absolute Gasteiger partial charge is 0.587 e. The van der Waals surface area contributed by atoms with Crippen molar-refractivity contribution in [2.45, 2.75) is 26.1 Å². The average Bonchev–Trinajstić information content (AvgIpc) is 3.37. The lowest BCUT2D eigenvalue weighted by molar-refractivity contribution is -0.0214. The highest BCUT2D eigenvalue weighted by Gasteiger charge is 2.37. The van der Waals surface area contributed by atoms with Gasteiger partial charge in [0.1, 0.15) is 28.9 Å². The van der Waals surface area contributed by atoms with Gasteiger partial charge < -0.3 is 23.5 Å². The Morgan fingerprint density at radius 2 is 1.56 bits per heavy atom. The molecule has 0 radical (unpaired) electrons. The topological polar surface area (TPSA) is 134 Å². The number of carbonyl (C=O) groups is 1. The van der Waals surface area contributed by atoms with E-state index in [4.69, 9.17) is 22.7 Å². The van der Waals surface area contributed by atoms with Crippen molar-refractivity contribution in [3.63, 3.8) is 0 Å². The van der Waals surface area contributed by atoms with E-state index in [9.17, 15) is 17.8 Å². The number of phosphoric ester groups is 1. The Bertz CT molecular complexity index is 2040. The number of hydrogen-bond donors (Lipinski definition) is 1. The highest BCUT2D eigenvalue weighted by atomic mass is 32.2. The van der Waals surface area contributed by atoms with Crippen molar-refractivity contribution in [2.75, 3.05) is 30.8 Å². The van der Waals surface area contributed by atoms with Crippen LogP contribution in [0.2, 0.25) is 0 Å². The first kappa shape index (κ1) is 33.3. The van der Waals surface area contributed by atoms with E-state index in [1.807, 2.05) is 31.2 Å². The number of nitrogens with zero attached hydrogens (tertiary/aromatic N) is 1. The van der Waals surface area contributed by atoms with Crippen LogP contribution >= 0.6 is 7.82 Å². The van der Waals surface area contributed by atoms with E-state index in [1.165, 1.54) is 11.4 Å². The fourth-order valence-electron chi connectivity index (χ4n) is 5.51. The zero-order valence-electron chi connectivity index (χ0n) is 26.8. The molecule has 1 aliphatic rings. The second-order valence-electron chi connectivity index (χ2n) is 11.4. The number of ether oxygens (including phenoxy) is 1. The Kier molecular flexibility index (Phi) is 9.35. The van der Waals surface area contributed by atoms with Crippen LogP contribution in [0, 0.1) is 6.92 Å². The molecular formula is C35H35N2O9PS. The number of fused-ring (bicyclic) bond motifs is 2. The monoisotopic (exact) mass is 690 g/mol. The Hall–Kier alpha value is -4.61. The molecule has 0 fully saturated rings. The molecule has 1 aromatic heterocycles. The van der Waals surface area contributed by atoms with E-state index in [0.717, 1.165) is 11.8 Å². The second kappa shape index (κ2) is 13.5.